The molecule has 0 bridgehead atoms. The lowest BCUT2D eigenvalue weighted by atomic mass is 10.1. The lowest BCUT2D eigenvalue weighted by molar-refractivity contribution is -0.384. The molecule has 0 radical (unpaired) electrons. The first-order chi connectivity index (χ1) is 16.3. The summed E-state index contributed by atoms with van der Waals surface area (Å²) < 4.78 is 26.1. The third-order valence-corrected chi connectivity index (χ3v) is 7.19. The second kappa shape index (κ2) is 11.7. The molecule has 35 heavy (non-hydrogen) atoms. The van der Waals surface area contributed by atoms with Crippen LogP contribution in [0.4, 0.5) is 11.4 Å². The number of nitrogens with zero attached hydrogens (tertiary/aromatic N) is 3. The van der Waals surface area contributed by atoms with Crippen molar-refractivity contribution in [2.45, 2.75) is 32.9 Å². The van der Waals surface area contributed by atoms with E-state index in [1.54, 1.807) is 32.0 Å². The van der Waals surface area contributed by atoms with Gasteiger partial charge in [-0.15, -0.1) is 0 Å². The van der Waals surface area contributed by atoms with E-state index in [1.165, 1.54) is 24.1 Å². The maximum atomic E-state index is 13.5. The number of amides is 2. The average Bonchev–Trinajstić information content (AvgIpc) is 2.78. The molecule has 0 aliphatic carbocycles. The molecule has 0 saturated carbocycles. The minimum absolute atomic E-state index is 0.00229. The highest BCUT2D eigenvalue weighted by Crippen LogP contribution is 2.28. The quantitative estimate of drug-likeness (QED) is 0.359. The monoisotopic (exact) mass is 544 g/mol. The molecular formula is C22H26Cl2N4O6S. The summed E-state index contributed by atoms with van der Waals surface area (Å²) in [6.45, 7) is 2.57. The minimum Gasteiger partial charge on any atom is -0.357 e. The molecule has 0 aliphatic heterocycles. The molecule has 2 aromatic carbocycles. The van der Waals surface area contributed by atoms with Crippen LogP contribution < -0.4 is 9.62 Å². The van der Waals surface area contributed by atoms with Crippen molar-refractivity contribution in [1.29, 1.82) is 0 Å². The van der Waals surface area contributed by atoms with E-state index < -0.39 is 39.3 Å². The Morgan fingerprint density at radius 1 is 1.14 bits per heavy atom. The molecule has 2 aromatic rings. The van der Waals surface area contributed by atoms with Crippen LogP contribution in [0, 0.1) is 17.0 Å². The fraction of sp³-hybridized carbons (Fsp3) is 0.364. The van der Waals surface area contributed by atoms with Gasteiger partial charge in [0.15, 0.2) is 0 Å². The lowest BCUT2D eigenvalue weighted by Gasteiger charge is -2.33. The zero-order valence-electron chi connectivity index (χ0n) is 19.6. The molecule has 2 rings (SSSR count). The second-order valence-electron chi connectivity index (χ2n) is 7.81. The zero-order valence-corrected chi connectivity index (χ0v) is 21.9. The van der Waals surface area contributed by atoms with E-state index in [9.17, 15) is 28.1 Å². The highest BCUT2D eigenvalue weighted by molar-refractivity contribution is 7.92. The van der Waals surface area contributed by atoms with Gasteiger partial charge in [0.1, 0.15) is 12.6 Å². The van der Waals surface area contributed by atoms with Gasteiger partial charge in [-0.2, -0.15) is 0 Å². The van der Waals surface area contributed by atoms with Gasteiger partial charge in [-0.05, 0) is 36.6 Å². The van der Waals surface area contributed by atoms with Gasteiger partial charge in [-0.25, -0.2) is 8.42 Å². The molecule has 13 heteroatoms. The van der Waals surface area contributed by atoms with E-state index >= 15 is 0 Å². The van der Waals surface area contributed by atoms with Crippen molar-refractivity contribution < 1.29 is 22.9 Å². The van der Waals surface area contributed by atoms with Crippen LogP contribution in [0.25, 0.3) is 0 Å². The molecule has 1 atom stereocenters. The molecule has 0 spiro atoms. The molecular weight excluding hydrogens is 519 g/mol. The first-order valence-corrected chi connectivity index (χ1v) is 13.1. The number of hydrogen-bond acceptors (Lipinski definition) is 6. The molecule has 0 heterocycles. The van der Waals surface area contributed by atoms with Crippen LogP contribution in [0.15, 0.2) is 36.4 Å². The van der Waals surface area contributed by atoms with E-state index in [2.05, 4.69) is 5.32 Å². The highest BCUT2D eigenvalue weighted by Gasteiger charge is 2.32. The predicted molar refractivity (Wildman–Crippen MR) is 135 cm³/mol. The van der Waals surface area contributed by atoms with Crippen molar-refractivity contribution in [2.75, 3.05) is 24.2 Å². The Bertz CT molecular complexity index is 1240. The molecule has 190 valence electrons. The zero-order chi connectivity index (χ0) is 26.5. The summed E-state index contributed by atoms with van der Waals surface area (Å²) >= 11 is 12.1. The van der Waals surface area contributed by atoms with Crippen LogP contribution in [0.2, 0.25) is 10.0 Å². The normalized spacial score (nSPS) is 12.1. The summed E-state index contributed by atoms with van der Waals surface area (Å²) in [6.07, 6.45) is 1.15. The highest BCUT2D eigenvalue weighted by atomic mass is 35.5. The summed E-state index contributed by atoms with van der Waals surface area (Å²) in [7, 11) is -2.60. The van der Waals surface area contributed by atoms with Crippen LogP contribution in [0.3, 0.4) is 0 Å². The van der Waals surface area contributed by atoms with Crippen LogP contribution >= 0.6 is 23.2 Å². The number of nitro groups is 1. The van der Waals surface area contributed by atoms with Crippen LogP contribution in [0.5, 0.6) is 0 Å². The van der Waals surface area contributed by atoms with Gasteiger partial charge in [0.05, 0.1) is 26.9 Å². The van der Waals surface area contributed by atoms with Gasteiger partial charge in [0, 0.05) is 25.7 Å². The summed E-state index contributed by atoms with van der Waals surface area (Å²) in [5.41, 5.74) is 0.671. The first-order valence-electron chi connectivity index (χ1n) is 10.5. The standard InChI is InChI=1S/C22H26Cl2N4O6S/c1-5-19(22(30)25-3)26(12-15-7-9-17(23)18(24)10-15)21(29)13-27(35(4,33)34)20-11-16(28(31)32)8-6-14(20)2/h6-11,19H,5,12-13H2,1-4H3,(H,25,30)/t19-/m0/s1. The molecule has 0 saturated heterocycles. The largest absolute Gasteiger partial charge is 0.357 e. The number of rotatable bonds is 10. The molecule has 0 unspecified atom stereocenters. The Morgan fingerprint density at radius 2 is 1.80 bits per heavy atom. The van der Waals surface area contributed by atoms with Gasteiger partial charge in [0.2, 0.25) is 21.8 Å². The fourth-order valence-electron chi connectivity index (χ4n) is 3.50. The van der Waals surface area contributed by atoms with Crippen molar-refractivity contribution in [1.82, 2.24) is 10.2 Å². The minimum atomic E-state index is -4.03. The van der Waals surface area contributed by atoms with E-state index in [-0.39, 0.29) is 29.4 Å². The summed E-state index contributed by atoms with van der Waals surface area (Å²) in [4.78, 5) is 38.0. The van der Waals surface area contributed by atoms with Gasteiger partial charge in [-0.1, -0.05) is 42.3 Å². The van der Waals surface area contributed by atoms with E-state index in [0.29, 0.717) is 16.1 Å². The van der Waals surface area contributed by atoms with Crippen molar-refractivity contribution in [2.24, 2.45) is 0 Å². The smallest absolute Gasteiger partial charge is 0.271 e. The number of non-ortho nitro benzene ring substituents is 1. The molecule has 0 aromatic heterocycles. The third-order valence-electron chi connectivity index (χ3n) is 5.32. The topological polar surface area (TPSA) is 130 Å². The van der Waals surface area contributed by atoms with Crippen LogP contribution in [-0.2, 0) is 26.2 Å². The first kappa shape index (κ1) is 28.3. The molecule has 10 nitrogen and oxygen atoms in total. The SMILES string of the molecule is CC[C@@H](C(=O)NC)N(Cc1ccc(Cl)c(Cl)c1)C(=O)CN(c1cc([N+](=O)[O-])ccc1C)S(C)(=O)=O. The van der Waals surface area contributed by atoms with Gasteiger partial charge >= 0.3 is 0 Å². The fourth-order valence-corrected chi connectivity index (χ4v) is 4.72. The maximum Gasteiger partial charge on any atom is 0.271 e. The Hall–Kier alpha value is -2.89. The number of anilines is 1. The predicted octanol–water partition coefficient (Wildman–Crippen LogP) is 3.53. The number of nitro benzene ring substituents is 1. The Morgan fingerprint density at radius 3 is 2.31 bits per heavy atom. The number of nitrogens with one attached hydrogen (secondary N) is 1. The van der Waals surface area contributed by atoms with Gasteiger partial charge < -0.3 is 10.2 Å². The van der Waals surface area contributed by atoms with E-state index in [0.717, 1.165) is 16.6 Å². The molecule has 1 N–H and O–H groups in total. The second-order valence-corrected chi connectivity index (χ2v) is 10.5. The van der Waals surface area contributed by atoms with Gasteiger partial charge in [-0.3, -0.25) is 24.0 Å². The summed E-state index contributed by atoms with van der Waals surface area (Å²) in [6, 6.07) is 7.60. The van der Waals surface area contributed by atoms with Crippen LogP contribution in [-0.4, -0.2) is 55.9 Å². The number of hydrogen-bond donors (Lipinski definition) is 1. The number of carbonyl (C=O) groups excluding carboxylic acids is 2. The lowest BCUT2D eigenvalue weighted by Crippen LogP contribution is -2.51. The number of carbonyl (C=O) groups is 2. The Kier molecular flexibility index (Phi) is 9.47. The third kappa shape index (κ3) is 7.06. The van der Waals surface area contributed by atoms with Crippen LogP contribution in [0.1, 0.15) is 24.5 Å². The number of likely N-dealkylation sites (N-methyl/N-ethyl adjacent to an activating group) is 1. The van der Waals surface area contributed by atoms with Crippen molar-refractivity contribution in [3.05, 3.63) is 67.7 Å². The van der Waals surface area contributed by atoms with E-state index in [1.807, 2.05) is 0 Å². The number of benzene rings is 2. The van der Waals surface area contributed by atoms with Crippen molar-refractivity contribution in [3.63, 3.8) is 0 Å². The number of sulfonamides is 1. The Balaban J connectivity index is 2.53. The van der Waals surface area contributed by atoms with Crippen molar-refractivity contribution in [3.8, 4) is 0 Å². The number of halogens is 2. The van der Waals surface area contributed by atoms with E-state index in [4.69, 9.17) is 23.2 Å². The summed E-state index contributed by atoms with van der Waals surface area (Å²) in [5, 5.41) is 14.3. The molecule has 2 amide bonds. The molecule has 0 aliphatic rings. The average molecular weight is 545 g/mol. The summed E-state index contributed by atoms with van der Waals surface area (Å²) in [5.74, 6) is -1.11. The van der Waals surface area contributed by atoms with Crippen molar-refractivity contribution >= 4 is 56.4 Å². The maximum absolute atomic E-state index is 13.5. The molecule has 0 fully saturated rings. The number of aryl methyl sites for hydroxylation is 1. The Labute approximate surface area is 214 Å². The van der Waals surface area contributed by atoms with Gasteiger partial charge in [0.25, 0.3) is 5.69 Å².